The Morgan fingerprint density at radius 2 is 2.05 bits per heavy atom. The van der Waals surface area contributed by atoms with Crippen molar-refractivity contribution in [1.29, 1.82) is 0 Å². The Hall–Kier alpha value is -1.02. The van der Waals surface area contributed by atoms with Gasteiger partial charge in [0, 0.05) is 17.1 Å². The first-order chi connectivity index (χ1) is 10.6. The monoisotopic (exact) mass is 296 g/mol. The molecule has 2 heteroatoms. The maximum absolute atomic E-state index is 4.11. The van der Waals surface area contributed by atoms with Gasteiger partial charge in [-0.05, 0) is 54.7 Å². The van der Waals surface area contributed by atoms with Crippen molar-refractivity contribution in [2.24, 2.45) is 17.3 Å². The van der Waals surface area contributed by atoms with E-state index in [4.69, 9.17) is 0 Å². The molecule has 2 heterocycles. The van der Waals surface area contributed by atoms with E-state index in [9.17, 15) is 0 Å². The van der Waals surface area contributed by atoms with Gasteiger partial charge in [-0.25, -0.2) is 0 Å². The Morgan fingerprint density at radius 1 is 1.23 bits per heavy atom. The van der Waals surface area contributed by atoms with Crippen LogP contribution in [-0.4, -0.2) is 18.1 Å². The van der Waals surface area contributed by atoms with Gasteiger partial charge in [-0.2, -0.15) is 0 Å². The number of hydrogen-bond acceptors (Lipinski definition) is 2. The van der Waals surface area contributed by atoms with Gasteiger partial charge in [0.25, 0.3) is 0 Å². The molecule has 2 saturated carbocycles. The van der Waals surface area contributed by atoms with Gasteiger partial charge in [-0.1, -0.05) is 45.4 Å². The summed E-state index contributed by atoms with van der Waals surface area (Å²) in [7, 11) is 0. The van der Waals surface area contributed by atoms with E-state index in [1.165, 1.54) is 37.9 Å². The largest absolute Gasteiger partial charge is 0.378 e. The molecule has 6 atom stereocenters. The zero-order valence-corrected chi connectivity index (χ0v) is 14.1. The van der Waals surface area contributed by atoms with Crippen LogP contribution >= 0.6 is 0 Å². The number of anilines is 1. The first-order valence-corrected chi connectivity index (χ1v) is 9.24. The molecule has 5 rings (SSSR count). The third-order valence-electron chi connectivity index (χ3n) is 8.15. The molecular formula is C20H28N2. The average molecular weight is 296 g/mol. The Balaban J connectivity index is 1.80. The summed E-state index contributed by atoms with van der Waals surface area (Å²) >= 11 is 0. The lowest BCUT2D eigenvalue weighted by Gasteiger charge is -2.49. The van der Waals surface area contributed by atoms with E-state index >= 15 is 0 Å². The molecule has 2 N–H and O–H groups in total. The number of benzene rings is 1. The fraction of sp³-hybridized carbons (Fsp3) is 0.700. The van der Waals surface area contributed by atoms with Crippen molar-refractivity contribution in [3.63, 3.8) is 0 Å². The minimum atomic E-state index is 0.278. The van der Waals surface area contributed by atoms with Crippen LogP contribution in [0.2, 0.25) is 0 Å². The van der Waals surface area contributed by atoms with Gasteiger partial charge in [0.1, 0.15) is 0 Å². The van der Waals surface area contributed by atoms with E-state index in [2.05, 4.69) is 55.7 Å². The molecule has 0 amide bonds. The molecule has 2 nitrogen and oxygen atoms in total. The summed E-state index contributed by atoms with van der Waals surface area (Å²) in [6.07, 6.45) is 5.39. The first kappa shape index (κ1) is 13.4. The van der Waals surface area contributed by atoms with Crippen molar-refractivity contribution in [2.75, 3.05) is 11.9 Å². The molecule has 4 aliphatic rings. The molecule has 1 saturated heterocycles. The summed E-state index contributed by atoms with van der Waals surface area (Å²) in [5.41, 5.74) is 4.13. The van der Waals surface area contributed by atoms with Gasteiger partial charge in [-0.15, -0.1) is 0 Å². The number of hydrogen-bond donors (Lipinski definition) is 2. The highest BCUT2D eigenvalue weighted by Gasteiger charge is 2.82. The van der Waals surface area contributed by atoms with Crippen molar-refractivity contribution in [3.05, 3.63) is 29.8 Å². The third kappa shape index (κ3) is 1.06. The zero-order chi connectivity index (χ0) is 15.2. The highest BCUT2D eigenvalue weighted by molar-refractivity contribution is 5.70. The standard InChI is InChI=1S/C20H28N2/c1-4-9-18-12-13(2)20(14(18)3)19(10-11-21-17(18)19)15-7-5-6-8-16(15)22-20/h5-8,13-14,17,21-22H,4,9-12H2,1-3H3/t13-,14-,17+,18+,19-,20-/m1/s1. The van der Waals surface area contributed by atoms with Crippen LogP contribution < -0.4 is 10.6 Å². The molecule has 0 radical (unpaired) electrons. The van der Waals surface area contributed by atoms with Gasteiger partial charge in [-0.3, -0.25) is 0 Å². The first-order valence-electron chi connectivity index (χ1n) is 9.24. The van der Waals surface area contributed by atoms with E-state index in [0.29, 0.717) is 16.9 Å². The van der Waals surface area contributed by atoms with Crippen LogP contribution in [0.25, 0.3) is 0 Å². The highest BCUT2D eigenvalue weighted by Crippen LogP contribution is 2.77. The molecule has 0 unspecified atom stereocenters. The summed E-state index contributed by atoms with van der Waals surface area (Å²) in [6.45, 7) is 8.63. The molecule has 2 bridgehead atoms. The van der Waals surface area contributed by atoms with Gasteiger partial charge in [0.05, 0.1) is 5.54 Å². The molecular weight excluding hydrogens is 268 g/mol. The van der Waals surface area contributed by atoms with E-state index in [1.807, 2.05) is 0 Å². The summed E-state index contributed by atoms with van der Waals surface area (Å²) in [5, 5.41) is 8.09. The Labute approximate surface area is 134 Å². The van der Waals surface area contributed by atoms with Gasteiger partial charge in [0.15, 0.2) is 0 Å². The summed E-state index contributed by atoms with van der Waals surface area (Å²) in [4.78, 5) is 0. The molecule has 0 aromatic heterocycles. The molecule has 22 heavy (non-hydrogen) atoms. The zero-order valence-electron chi connectivity index (χ0n) is 14.1. The predicted octanol–water partition coefficient (Wildman–Crippen LogP) is 3.93. The molecule has 2 aliphatic carbocycles. The summed E-state index contributed by atoms with van der Waals surface area (Å²) in [6, 6.07) is 9.84. The Kier molecular flexibility index (Phi) is 2.38. The van der Waals surface area contributed by atoms with Crippen LogP contribution in [0.1, 0.15) is 52.0 Å². The Morgan fingerprint density at radius 3 is 2.86 bits per heavy atom. The Bertz CT molecular complexity index is 640. The quantitative estimate of drug-likeness (QED) is 0.864. The maximum Gasteiger partial charge on any atom is 0.0543 e. The van der Waals surface area contributed by atoms with E-state index < -0.39 is 0 Å². The lowest BCUT2D eigenvalue weighted by molar-refractivity contribution is 0.119. The van der Waals surface area contributed by atoms with Crippen molar-refractivity contribution in [2.45, 2.75) is 63.5 Å². The van der Waals surface area contributed by atoms with Crippen LogP contribution in [0, 0.1) is 17.3 Å². The topological polar surface area (TPSA) is 24.1 Å². The third-order valence-corrected chi connectivity index (χ3v) is 8.15. The van der Waals surface area contributed by atoms with Crippen LogP contribution in [0.5, 0.6) is 0 Å². The molecule has 2 aliphatic heterocycles. The lowest BCUT2D eigenvalue weighted by atomic mass is 9.57. The second kappa shape index (κ2) is 3.90. The SMILES string of the molecule is CCC[C@@]12C[C@@H](C)[C@@]3(Nc4ccccc4[C@@]34CCN[C@@H]14)[C@@H]2C. The van der Waals surface area contributed by atoms with Crippen molar-refractivity contribution >= 4 is 5.69 Å². The van der Waals surface area contributed by atoms with Gasteiger partial charge >= 0.3 is 0 Å². The molecule has 1 aromatic rings. The fourth-order valence-corrected chi connectivity index (χ4v) is 7.84. The van der Waals surface area contributed by atoms with Crippen molar-refractivity contribution in [1.82, 2.24) is 5.32 Å². The highest BCUT2D eigenvalue weighted by atomic mass is 15.2. The van der Waals surface area contributed by atoms with Gasteiger partial charge in [0.2, 0.25) is 0 Å². The normalized spacial score (nSPS) is 50.6. The van der Waals surface area contributed by atoms with Crippen LogP contribution in [0.15, 0.2) is 24.3 Å². The van der Waals surface area contributed by atoms with Gasteiger partial charge < -0.3 is 10.6 Å². The summed E-state index contributed by atoms with van der Waals surface area (Å²) in [5.74, 6) is 1.51. The molecule has 1 aromatic carbocycles. The average Bonchev–Trinajstić information content (AvgIpc) is 3.17. The van der Waals surface area contributed by atoms with E-state index in [0.717, 1.165) is 11.8 Å². The number of para-hydroxylation sites is 1. The van der Waals surface area contributed by atoms with E-state index in [1.54, 1.807) is 5.56 Å². The molecule has 3 fully saturated rings. The molecule has 2 spiro atoms. The fourth-order valence-electron chi connectivity index (χ4n) is 7.84. The molecule has 118 valence electrons. The minimum Gasteiger partial charge on any atom is -0.378 e. The second-order valence-corrected chi connectivity index (χ2v) is 8.46. The van der Waals surface area contributed by atoms with Crippen LogP contribution in [-0.2, 0) is 5.41 Å². The minimum absolute atomic E-state index is 0.278. The summed E-state index contributed by atoms with van der Waals surface area (Å²) < 4.78 is 0. The second-order valence-electron chi connectivity index (χ2n) is 8.46. The van der Waals surface area contributed by atoms with Crippen molar-refractivity contribution in [3.8, 4) is 0 Å². The van der Waals surface area contributed by atoms with Crippen LogP contribution in [0.4, 0.5) is 5.69 Å². The smallest absolute Gasteiger partial charge is 0.0543 e. The lowest BCUT2D eigenvalue weighted by Crippen LogP contribution is -2.60. The van der Waals surface area contributed by atoms with E-state index in [-0.39, 0.29) is 5.54 Å². The maximum atomic E-state index is 4.11. The predicted molar refractivity (Wildman–Crippen MR) is 91.2 cm³/mol. The number of fused-ring (bicyclic) bond motifs is 3. The van der Waals surface area contributed by atoms with Crippen molar-refractivity contribution < 1.29 is 0 Å². The number of nitrogens with one attached hydrogen (secondary N) is 2. The van der Waals surface area contributed by atoms with Crippen LogP contribution in [0.3, 0.4) is 0 Å². The number of rotatable bonds is 2.